The molecule has 2 aromatic heterocycles. The molecule has 0 spiro atoms. The van der Waals surface area contributed by atoms with E-state index in [-0.39, 0.29) is 17.4 Å². The van der Waals surface area contributed by atoms with Crippen LogP contribution in [0.3, 0.4) is 0 Å². The van der Waals surface area contributed by atoms with Crippen molar-refractivity contribution in [2.45, 2.75) is 65.0 Å². The Morgan fingerprint density at radius 1 is 1.38 bits per heavy atom. The number of piperidine rings is 1. The molecule has 24 heavy (non-hydrogen) atoms. The zero-order valence-electron chi connectivity index (χ0n) is 14.8. The molecule has 1 amide bonds. The highest BCUT2D eigenvalue weighted by Crippen LogP contribution is 2.35. The fraction of sp³-hybridized carbons (Fsp3) is 0.647. The van der Waals surface area contributed by atoms with E-state index in [1.807, 2.05) is 11.8 Å². The maximum absolute atomic E-state index is 12.9. The first kappa shape index (κ1) is 17.1. The van der Waals surface area contributed by atoms with Crippen molar-refractivity contribution in [2.75, 3.05) is 6.54 Å². The van der Waals surface area contributed by atoms with Gasteiger partial charge in [0.05, 0.1) is 17.9 Å². The van der Waals surface area contributed by atoms with Crippen LogP contribution in [0, 0.1) is 0 Å². The molecule has 3 heterocycles. The summed E-state index contributed by atoms with van der Waals surface area (Å²) in [6.45, 7) is 9.95. The molecule has 0 saturated carbocycles. The Balaban J connectivity index is 1.85. The number of aryl methyl sites for hydroxylation is 1. The minimum Gasteiger partial charge on any atom is -0.328 e. The van der Waals surface area contributed by atoms with E-state index in [1.54, 1.807) is 22.2 Å². The molecule has 1 atom stereocenters. The molecule has 1 aliphatic rings. The molecule has 3 rings (SSSR count). The predicted molar refractivity (Wildman–Crippen MR) is 94.1 cm³/mol. The maximum atomic E-state index is 12.9. The molecule has 2 aromatic rings. The van der Waals surface area contributed by atoms with Crippen LogP contribution in [0.1, 0.15) is 74.2 Å². The summed E-state index contributed by atoms with van der Waals surface area (Å²) in [4.78, 5) is 19.7. The first-order valence-corrected chi connectivity index (χ1v) is 9.45. The number of rotatable bonds is 3. The lowest BCUT2D eigenvalue weighted by Gasteiger charge is -2.34. The van der Waals surface area contributed by atoms with Crippen molar-refractivity contribution in [1.29, 1.82) is 0 Å². The number of nitrogens with zero attached hydrogens (tertiary/aromatic N) is 5. The number of thiazole rings is 1. The smallest absolute Gasteiger partial charge is 0.276 e. The molecular weight excluding hydrogens is 322 g/mol. The van der Waals surface area contributed by atoms with E-state index in [9.17, 15) is 4.79 Å². The second kappa shape index (κ2) is 6.63. The normalized spacial score (nSPS) is 18.8. The summed E-state index contributed by atoms with van der Waals surface area (Å²) >= 11 is 1.66. The van der Waals surface area contributed by atoms with Crippen LogP contribution in [-0.2, 0) is 12.0 Å². The number of hydrogen-bond donors (Lipinski definition) is 0. The monoisotopic (exact) mass is 347 g/mol. The van der Waals surface area contributed by atoms with Crippen molar-refractivity contribution in [3.63, 3.8) is 0 Å². The topological polar surface area (TPSA) is 63.9 Å². The van der Waals surface area contributed by atoms with Gasteiger partial charge in [-0.3, -0.25) is 9.48 Å². The second-order valence-electron chi connectivity index (χ2n) is 7.29. The average Bonchev–Trinajstić information content (AvgIpc) is 3.23. The highest BCUT2D eigenvalue weighted by Gasteiger charge is 2.32. The van der Waals surface area contributed by atoms with Gasteiger partial charge in [-0.05, 0) is 26.2 Å². The van der Waals surface area contributed by atoms with Gasteiger partial charge in [-0.1, -0.05) is 26.0 Å². The summed E-state index contributed by atoms with van der Waals surface area (Å²) in [7, 11) is 0. The lowest BCUT2D eigenvalue weighted by Crippen LogP contribution is -2.38. The molecule has 0 aliphatic carbocycles. The predicted octanol–water partition coefficient (Wildman–Crippen LogP) is 3.42. The number of carbonyl (C=O) groups excluding carboxylic acids is 1. The van der Waals surface area contributed by atoms with Crippen LogP contribution in [0.5, 0.6) is 0 Å². The van der Waals surface area contributed by atoms with Crippen LogP contribution in [0.4, 0.5) is 0 Å². The summed E-state index contributed by atoms with van der Waals surface area (Å²) in [5.41, 5.74) is 1.55. The van der Waals surface area contributed by atoms with Gasteiger partial charge < -0.3 is 4.90 Å². The van der Waals surface area contributed by atoms with Crippen LogP contribution in [0.25, 0.3) is 0 Å². The Hall–Kier alpha value is -1.76. The molecule has 7 heteroatoms. The Bertz CT molecular complexity index is 715. The maximum Gasteiger partial charge on any atom is 0.276 e. The number of amides is 1. The summed E-state index contributed by atoms with van der Waals surface area (Å²) in [6.07, 6.45) is 4.85. The number of hydrogen-bond acceptors (Lipinski definition) is 5. The van der Waals surface area contributed by atoms with Gasteiger partial charge in [0.1, 0.15) is 5.01 Å². The lowest BCUT2D eigenvalue weighted by atomic mass is 9.93. The summed E-state index contributed by atoms with van der Waals surface area (Å²) < 4.78 is 1.69. The number of carbonyl (C=O) groups is 1. The summed E-state index contributed by atoms with van der Waals surface area (Å²) in [5, 5.41) is 11.2. The van der Waals surface area contributed by atoms with Gasteiger partial charge in [0.25, 0.3) is 5.91 Å². The van der Waals surface area contributed by atoms with E-state index < -0.39 is 0 Å². The molecule has 1 fully saturated rings. The minimum atomic E-state index is -0.0353. The van der Waals surface area contributed by atoms with Crippen molar-refractivity contribution >= 4 is 17.2 Å². The lowest BCUT2D eigenvalue weighted by molar-refractivity contribution is 0.0604. The second-order valence-corrected chi connectivity index (χ2v) is 8.18. The third kappa shape index (κ3) is 3.36. The van der Waals surface area contributed by atoms with Crippen LogP contribution < -0.4 is 0 Å². The minimum absolute atomic E-state index is 0.0298. The first-order valence-electron chi connectivity index (χ1n) is 8.57. The van der Waals surface area contributed by atoms with E-state index >= 15 is 0 Å². The van der Waals surface area contributed by atoms with E-state index in [0.29, 0.717) is 12.2 Å². The number of aromatic nitrogens is 4. The van der Waals surface area contributed by atoms with Crippen molar-refractivity contribution in [2.24, 2.45) is 0 Å². The largest absolute Gasteiger partial charge is 0.328 e. The molecule has 130 valence electrons. The first-order chi connectivity index (χ1) is 11.4. The summed E-state index contributed by atoms with van der Waals surface area (Å²) in [6, 6.07) is 0.0547. The Kier molecular flexibility index (Phi) is 4.71. The van der Waals surface area contributed by atoms with Crippen molar-refractivity contribution in [3.8, 4) is 0 Å². The Labute approximate surface area is 146 Å². The van der Waals surface area contributed by atoms with Crippen LogP contribution in [0.2, 0.25) is 0 Å². The molecular formula is C17H25N5OS. The quantitative estimate of drug-likeness (QED) is 0.853. The van der Waals surface area contributed by atoms with Gasteiger partial charge >= 0.3 is 0 Å². The zero-order chi connectivity index (χ0) is 17.3. The van der Waals surface area contributed by atoms with Crippen molar-refractivity contribution in [1.82, 2.24) is 24.9 Å². The van der Waals surface area contributed by atoms with Gasteiger partial charge in [-0.15, -0.1) is 16.4 Å². The Morgan fingerprint density at radius 2 is 2.17 bits per heavy atom. The fourth-order valence-corrected chi connectivity index (χ4v) is 4.11. The standard InChI is InChI=1S/C17H25N5OS/c1-5-21-10-12(19-20-21)16(23)22-9-7-6-8-13(22)15-18-14(11-24-15)17(2,3)4/h10-11,13H,5-9H2,1-4H3. The Morgan fingerprint density at radius 3 is 2.79 bits per heavy atom. The highest BCUT2D eigenvalue weighted by molar-refractivity contribution is 7.09. The zero-order valence-corrected chi connectivity index (χ0v) is 15.6. The fourth-order valence-electron chi connectivity index (χ4n) is 2.91. The molecule has 0 N–H and O–H groups in total. The molecule has 1 unspecified atom stereocenters. The van der Waals surface area contributed by atoms with Crippen molar-refractivity contribution in [3.05, 3.63) is 28.0 Å². The average molecular weight is 347 g/mol. The van der Waals surface area contributed by atoms with E-state index in [4.69, 9.17) is 4.98 Å². The molecule has 6 nitrogen and oxygen atoms in total. The number of likely N-dealkylation sites (tertiary alicyclic amines) is 1. The van der Waals surface area contributed by atoms with E-state index in [2.05, 4.69) is 36.5 Å². The van der Waals surface area contributed by atoms with Gasteiger partial charge in [0, 0.05) is 23.9 Å². The van der Waals surface area contributed by atoms with E-state index in [1.165, 1.54) is 0 Å². The van der Waals surface area contributed by atoms with Gasteiger partial charge in [-0.25, -0.2) is 4.98 Å². The third-order valence-electron chi connectivity index (χ3n) is 4.42. The van der Waals surface area contributed by atoms with Crippen LogP contribution in [-0.4, -0.2) is 37.3 Å². The van der Waals surface area contributed by atoms with Crippen LogP contribution in [0.15, 0.2) is 11.6 Å². The molecule has 1 aliphatic heterocycles. The SMILES string of the molecule is CCn1cc(C(=O)N2CCCCC2c2nc(C(C)(C)C)cs2)nn1. The summed E-state index contributed by atoms with van der Waals surface area (Å²) in [5.74, 6) is -0.0353. The van der Waals surface area contributed by atoms with Crippen molar-refractivity contribution < 1.29 is 4.79 Å². The van der Waals surface area contributed by atoms with Crippen LogP contribution >= 0.6 is 11.3 Å². The third-order valence-corrected chi connectivity index (χ3v) is 5.37. The van der Waals surface area contributed by atoms with Gasteiger partial charge in [-0.2, -0.15) is 0 Å². The van der Waals surface area contributed by atoms with Gasteiger partial charge in [0.15, 0.2) is 5.69 Å². The molecule has 0 aromatic carbocycles. The molecule has 1 saturated heterocycles. The highest BCUT2D eigenvalue weighted by atomic mass is 32.1. The van der Waals surface area contributed by atoms with E-state index in [0.717, 1.165) is 36.5 Å². The molecule has 0 bridgehead atoms. The van der Waals surface area contributed by atoms with Gasteiger partial charge in [0.2, 0.25) is 0 Å². The molecule has 0 radical (unpaired) electrons.